The number of hydrogen-bond acceptors (Lipinski definition) is 3. The summed E-state index contributed by atoms with van der Waals surface area (Å²) in [5.41, 5.74) is 1.76. The Kier molecular flexibility index (Phi) is 3.45. The Bertz CT molecular complexity index is 496. The van der Waals surface area contributed by atoms with Gasteiger partial charge in [0, 0.05) is 5.69 Å². The minimum Gasteiger partial charge on any atom is -0.464 e. The Hall–Kier alpha value is -1.51. The molecule has 0 radical (unpaired) electrons. The van der Waals surface area contributed by atoms with Gasteiger partial charge < -0.3 is 10.1 Å². The summed E-state index contributed by atoms with van der Waals surface area (Å²) in [4.78, 5) is 12.5. The van der Waals surface area contributed by atoms with Crippen molar-refractivity contribution in [2.75, 3.05) is 11.9 Å². The van der Waals surface area contributed by atoms with Crippen LogP contribution >= 0.6 is 0 Å². The van der Waals surface area contributed by atoms with Crippen LogP contribution in [-0.2, 0) is 9.53 Å². The first-order valence-corrected chi connectivity index (χ1v) is 7.66. The Morgan fingerprint density at radius 3 is 2.65 bits per heavy atom. The van der Waals surface area contributed by atoms with Gasteiger partial charge in [-0.2, -0.15) is 0 Å². The fourth-order valence-corrected chi connectivity index (χ4v) is 3.94. The van der Waals surface area contributed by atoms with Gasteiger partial charge in [-0.3, -0.25) is 0 Å². The summed E-state index contributed by atoms with van der Waals surface area (Å²) >= 11 is 0. The van der Waals surface area contributed by atoms with E-state index in [9.17, 15) is 4.79 Å². The molecule has 1 aromatic rings. The molecule has 0 spiro atoms. The largest absolute Gasteiger partial charge is 0.464 e. The van der Waals surface area contributed by atoms with Crippen molar-refractivity contribution in [3.8, 4) is 0 Å². The second-order valence-electron chi connectivity index (χ2n) is 6.26. The van der Waals surface area contributed by atoms with E-state index in [2.05, 4.69) is 36.5 Å². The van der Waals surface area contributed by atoms with Gasteiger partial charge in [-0.25, -0.2) is 4.79 Å². The predicted molar refractivity (Wildman–Crippen MR) is 79.6 cm³/mol. The SMILES string of the molecule is CCOC(=O)C1(Nc2ccc(C)cc2)CC2CCC1C2. The van der Waals surface area contributed by atoms with Crippen molar-refractivity contribution in [3.63, 3.8) is 0 Å². The minimum absolute atomic E-state index is 0.0622. The van der Waals surface area contributed by atoms with Crippen molar-refractivity contribution in [2.24, 2.45) is 11.8 Å². The lowest BCUT2D eigenvalue weighted by atomic mass is 9.80. The van der Waals surface area contributed by atoms with Crippen LogP contribution in [0, 0.1) is 18.8 Å². The van der Waals surface area contributed by atoms with Crippen LogP contribution in [0.1, 0.15) is 38.2 Å². The number of rotatable bonds is 4. The van der Waals surface area contributed by atoms with Crippen LogP contribution in [0.15, 0.2) is 24.3 Å². The zero-order chi connectivity index (χ0) is 14.2. The van der Waals surface area contributed by atoms with Crippen molar-refractivity contribution in [2.45, 2.75) is 45.1 Å². The molecule has 3 rings (SSSR count). The summed E-state index contributed by atoms with van der Waals surface area (Å²) in [5, 5.41) is 3.52. The van der Waals surface area contributed by atoms with Gasteiger partial charge in [-0.05, 0) is 63.5 Å². The summed E-state index contributed by atoms with van der Waals surface area (Å²) in [6, 6.07) is 8.27. The number of aryl methyl sites for hydroxylation is 1. The van der Waals surface area contributed by atoms with E-state index >= 15 is 0 Å². The first-order valence-electron chi connectivity index (χ1n) is 7.66. The van der Waals surface area contributed by atoms with Gasteiger partial charge in [0.25, 0.3) is 0 Å². The molecule has 1 aromatic carbocycles. The number of hydrogen-bond donors (Lipinski definition) is 1. The maximum atomic E-state index is 12.5. The molecule has 2 saturated carbocycles. The molecular weight excluding hydrogens is 250 g/mol. The highest BCUT2D eigenvalue weighted by Gasteiger charge is 2.56. The lowest BCUT2D eigenvalue weighted by Gasteiger charge is -2.37. The van der Waals surface area contributed by atoms with E-state index < -0.39 is 5.54 Å². The summed E-state index contributed by atoms with van der Waals surface area (Å²) in [5.74, 6) is 1.04. The Labute approximate surface area is 120 Å². The summed E-state index contributed by atoms with van der Waals surface area (Å²) in [6.45, 7) is 4.40. The van der Waals surface area contributed by atoms with Crippen LogP contribution in [0.4, 0.5) is 5.69 Å². The number of benzene rings is 1. The normalized spacial score (nSPS) is 31.3. The van der Waals surface area contributed by atoms with Crippen LogP contribution in [0.25, 0.3) is 0 Å². The molecule has 2 fully saturated rings. The highest BCUT2D eigenvalue weighted by atomic mass is 16.5. The van der Waals surface area contributed by atoms with Gasteiger partial charge in [-0.15, -0.1) is 0 Å². The van der Waals surface area contributed by atoms with Crippen LogP contribution < -0.4 is 5.32 Å². The molecule has 1 N–H and O–H groups in total. The number of fused-ring (bicyclic) bond motifs is 2. The second-order valence-corrected chi connectivity index (χ2v) is 6.26. The topological polar surface area (TPSA) is 38.3 Å². The first-order chi connectivity index (χ1) is 9.64. The average molecular weight is 273 g/mol. The van der Waals surface area contributed by atoms with Crippen molar-refractivity contribution in [1.82, 2.24) is 0 Å². The molecule has 0 amide bonds. The number of ether oxygens (including phenoxy) is 1. The van der Waals surface area contributed by atoms with Crippen molar-refractivity contribution in [3.05, 3.63) is 29.8 Å². The molecule has 0 aromatic heterocycles. The summed E-state index contributed by atoms with van der Waals surface area (Å²) in [7, 11) is 0. The zero-order valence-electron chi connectivity index (χ0n) is 12.3. The smallest absolute Gasteiger partial charge is 0.332 e. The molecule has 0 saturated heterocycles. The number of anilines is 1. The number of carbonyl (C=O) groups excluding carboxylic acids is 1. The van der Waals surface area contributed by atoms with Crippen molar-refractivity contribution >= 4 is 11.7 Å². The number of nitrogens with one attached hydrogen (secondary N) is 1. The molecule has 2 aliphatic carbocycles. The van der Waals surface area contributed by atoms with Gasteiger partial charge >= 0.3 is 5.97 Å². The number of esters is 1. The summed E-state index contributed by atoms with van der Waals surface area (Å²) < 4.78 is 5.38. The fourth-order valence-electron chi connectivity index (χ4n) is 3.94. The molecule has 2 bridgehead atoms. The van der Waals surface area contributed by atoms with E-state index in [0.717, 1.165) is 24.9 Å². The van der Waals surface area contributed by atoms with Crippen molar-refractivity contribution in [1.29, 1.82) is 0 Å². The third-order valence-electron chi connectivity index (χ3n) is 4.91. The number of carbonyl (C=O) groups is 1. The monoisotopic (exact) mass is 273 g/mol. The fraction of sp³-hybridized carbons (Fsp3) is 0.588. The maximum Gasteiger partial charge on any atom is 0.332 e. The van der Waals surface area contributed by atoms with Gasteiger partial charge in [-0.1, -0.05) is 17.7 Å². The standard InChI is InChI=1S/C17H23NO2/c1-3-20-16(19)17(11-13-6-7-14(17)10-13)18-15-8-4-12(2)5-9-15/h4-5,8-9,13-14,18H,3,6-7,10-11H2,1-2H3. The van der Waals surface area contributed by atoms with Gasteiger partial charge in [0.05, 0.1) is 6.61 Å². The average Bonchev–Trinajstić information content (AvgIpc) is 3.03. The summed E-state index contributed by atoms with van der Waals surface area (Å²) in [6.07, 6.45) is 4.49. The van der Waals surface area contributed by atoms with Gasteiger partial charge in [0.2, 0.25) is 0 Å². The zero-order valence-corrected chi connectivity index (χ0v) is 12.3. The van der Waals surface area contributed by atoms with E-state index in [1.54, 1.807) is 0 Å². The quantitative estimate of drug-likeness (QED) is 0.853. The molecule has 0 heterocycles. The molecule has 20 heavy (non-hydrogen) atoms. The van der Waals surface area contributed by atoms with E-state index in [4.69, 9.17) is 4.74 Å². The highest BCUT2D eigenvalue weighted by molar-refractivity contribution is 5.86. The Balaban J connectivity index is 1.86. The van der Waals surface area contributed by atoms with Crippen molar-refractivity contribution < 1.29 is 9.53 Å². The third-order valence-corrected chi connectivity index (χ3v) is 4.91. The maximum absolute atomic E-state index is 12.5. The van der Waals surface area contributed by atoms with Crippen LogP contribution in [0.2, 0.25) is 0 Å². The molecular formula is C17H23NO2. The van der Waals surface area contributed by atoms with E-state index in [1.807, 2.05) is 6.92 Å². The van der Waals surface area contributed by atoms with Crippen LogP contribution in [0.3, 0.4) is 0 Å². The van der Waals surface area contributed by atoms with Gasteiger partial charge in [0.15, 0.2) is 0 Å². The first kappa shape index (κ1) is 13.5. The second kappa shape index (κ2) is 5.12. The van der Waals surface area contributed by atoms with E-state index in [-0.39, 0.29) is 5.97 Å². The molecule has 3 unspecified atom stereocenters. The molecule has 3 atom stereocenters. The molecule has 108 valence electrons. The minimum atomic E-state index is -0.492. The Morgan fingerprint density at radius 2 is 2.10 bits per heavy atom. The lowest BCUT2D eigenvalue weighted by Crippen LogP contribution is -2.51. The van der Waals surface area contributed by atoms with Crippen LogP contribution in [0.5, 0.6) is 0 Å². The van der Waals surface area contributed by atoms with Crippen LogP contribution in [-0.4, -0.2) is 18.1 Å². The molecule has 3 nitrogen and oxygen atoms in total. The molecule has 2 aliphatic rings. The van der Waals surface area contributed by atoms with E-state index in [1.165, 1.54) is 12.0 Å². The predicted octanol–water partition coefficient (Wildman–Crippen LogP) is 3.53. The van der Waals surface area contributed by atoms with E-state index in [0.29, 0.717) is 18.4 Å². The Morgan fingerprint density at radius 1 is 1.35 bits per heavy atom. The molecule has 3 heteroatoms. The van der Waals surface area contributed by atoms with Gasteiger partial charge in [0.1, 0.15) is 5.54 Å². The third kappa shape index (κ3) is 2.19. The highest BCUT2D eigenvalue weighted by Crippen LogP contribution is 2.52. The lowest BCUT2D eigenvalue weighted by molar-refractivity contribution is -0.150. The molecule has 0 aliphatic heterocycles.